The SMILES string of the molecule is CC(=O)O[C@H]1C(=O)[C@@]2(C)[C@H]([C@H](OC(=O)c3ccccc3)[C@]3(O)C[C@H](OC(=O)[C@H](O)[C@@H](NC(=O)c4ccc(-c5ccccc5)cc4)c4ccccc4)C(C)=C1C3(C)C)[C@]1(OC(C)=O)CO[C@@H]1C[C@@H]2O. The number of amides is 1. The van der Waals surface area contributed by atoms with Gasteiger partial charge in [-0.25, -0.2) is 9.59 Å². The third kappa shape index (κ3) is 8.10. The molecule has 2 bridgehead atoms. The Morgan fingerprint density at radius 3 is 1.93 bits per heavy atom. The number of esters is 4. The molecule has 8 rings (SSSR count). The molecule has 0 spiro atoms. The number of hydrogen-bond donors (Lipinski definition) is 4. The van der Waals surface area contributed by atoms with Crippen LogP contribution in [0, 0.1) is 16.7 Å². The first-order chi connectivity index (χ1) is 32.2. The number of fused-ring (bicyclic) bond motifs is 5. The van der Waals surface area contributed by atoms with Crippen molar-refractivity contribution in [2.75, 3.05) is 6.61 Å². The Labute approximate surface area is 393 Å². The van der Waals surface area contributed by atoms with Gasteiger partial charge in [-0.3, -0.25) is 19.2 Å². The van der Waals surface area contributed by atoms with Crippen LogP contribution in [-0.4, -0.2) is 105 Å². The second-order valence-electron chi connectivity index (χ2n) is 18.9. The van der Waals surface area contributed by atoms with Gasteiger partial charge in [0.1, 0.15) is 23.9 Å². The van der Waals surface area contributed by atoms with Gasteiger partial charge in [0.25, 0.3) is 5.91 Å². The zero-order valence-corrected chi connectivity index (χ0v) is 38.5. The zero-order valence-electron chi connectivity index (χ0n) is 38.5. The highest BCUT2D eigenvalue weighted by Gasteiger charge is 2.78. The summed E-state index contributed by atoms with van der Waals surface area (Å²) >= 11 is 0. The Kier molecular flexibility index (Phi) is 12.8. The van der Waals surface area contributed by atoms with E-state index >= 15 is 4.79 Å². The van der Waals surface area contributed by atoms with Crippen molar-refractivity contribution < 1.29 is 67.8 Å². The van der Waals surface area contributed by atoms with Crippen molar-refractivity contribution in [3.8, 4) is 11.1 Å². The highest BCUT2D eigenvalue weighted by Crippen LogP contribution is 2.64. The molecule has 3 aliphatic carbocycles. The van der Waals surface area contributed by atoms with Crippen LogP contribution in [0.1, 0.15) is 86.7 Å². The van der Waals surface area contributed by atoms with Gasteiger partial charge >= 0.3 is 23.9 Å². The van der Waals surface area contributed by atoms with Gasteiger partial charge in [-0.1, -0.05) is 105 Å². The first kappa shape index (κ1) is 48.0. The van der Waals surface area contributed by atoms with E-state index in [0.717, 1.165) is 25.0 Å². The van der Waals surface area contributed by atoms with E-state index in [4.69, 9.17) is 23.7 Å². The molecule has 0 radical (unpaired) electrons. The second kappa shape index (κ2) is 18.2. The summed E-state index contributed by atoms with van der Waals surface area (Å²) in [6.45, 7) is 7.98. The summed E-state index contributed by atoms with van der Waals surface area (Å²) in [6, 6.07) is 31.1. The normalized spacial score (nSPS) is 30.0. The van der Waals surface area contributed by atoms with Crippen molar-refractivity contribution in [2.45, 2.75) is 108 Å². The van der Waals surface area contributed by atoms with Gasteiger partial charge in [0.05, 0.1) is 35.6 Å². The monoisotopic (exact) mass is 929 g/mol. The van der Waals surface area contributed by atoms with Gasteiger partial charge in [-0.15, -0.1) is 0 Å². The van der Waals surface area contributed by atoms with Gasteiger partial charge < -0.3 is 44.3 Å². The summed E-state index contributed by atoms with van der Waals surface area (Å²) in [4.78, 5) is 84.4. The molecule has 1 heterocycles. The quantitative estimate of drug-likeness (QED) is 0.0841. The summed E-state index contributed by atoms with van der Waals surface area (Å²) in [5.74, 6) is -6.89. The summed E-state index contributed by atoms with van der Waals surface area (Å²) < 4.78 is 30.5. The Morgan fingerprint density at radius 1 is 0.765 bits per heavy atom. The molecular weight excluding hydrogens is 875 g/mol. The third-order valence-electron chi connectivity index (χ3n) is 14.7. The molecular formula is C53H55NO14. The Morgan fingerprint density at radius 2 is 1.35 bits per heavy atom. The highest BCUT2D eigenvalue weighted by molar-refractivity contribution is 5.96. The summed E-state index contributed by atoms with van der Waals surface area (Å²) in [5.41, 5.74) is -5.30. The van der Waals surface area contributed by atoms with E-state index in [2.05, 4.69) is 5.32 Å². The lowest BCUT2D eigenvalue weighted by Crippen LogP contribution is -2.82. The molecule has 4 N–H and O–H groups in total. The van der Waals surface area contributed by atoms with Gasteiger partial charge in [0.15, 0.2) is 23.6 Å². The van der Waals surface area contributed by atoms with E-state index in [0.29, 0.717) is 5.56 Å². The Balaban J connectivity index is 1.22. The number of benzene rings is 4. The van der Waals surface area contributed by atoms with Crippen molar-refractivity contribution in [3.05, 3.63) is 143 Å². The lowest BCUT2D eigenvalue weighted by Gasteiger charge is -2.67. The van der Waals surface area contributed by atoms with E-state index in [1.807, 2.05) is 30.3 Å². The Bertz CT molecular complexity index is 2630. The van der Waals surface area contributed by atoms with Crippen LogP contribution in [0.15, 0.2) is 126 Å². The van der Waals surface area contributed by atoms with E-state index < -0.39 is 113 Å². The predicted molar refractivity (Wildman–Crippen MR) is 243 cm³/mol. The number of carbonyl (C=O) groups excluding carboxylic acids is 6. The molecule has 1 amide bonds. The second-order valence-corrected chi connectivity index (χ2v) is 18.9. The maximum absolute atomic E-state index is 15.6. The number of ketones is 1. The molecule has 4 aromatic rings. The number of Topliss-reactive ketones (excluding diaryl/α,β-unsaturated/α-hetero) is 1. The molecule has 356 valence electrons. The molecule has 0 unspecified atom stereocenters. The summed E-state index contributed by atoms with van der Waals surface area (Å²) in [7, 11) is 0. The number of ether oxygens (including phenoxy) is 5. The van der Waals surface area contributed by atoms with Crippen molar-refractivity contribution in [2.24, 2.45) is 16.7 Å². The number of carbonyl (C=O) groups is 6. The molecule has 1 saturated heterocycles. The molecule has 3 fully saturated rings. The average Bonchev–Trinajstić information content (AvgIpc) is 3.32. The third-order valence-corrected chi connectivity index (χ3v) is 14.7. The zero-order chi connectivity index (χ0) is 48.9. The van der Waals surface area contributed by atoms with Gasteiger partial charge in [0.2, 0.25) is 0 Å². The van der Waals surface area contributed by atoms with Crippen LogP contribution in [0.4, 0.5) is 0 Å². The topological polar surface area (TPSA) is 221 Å². The van der Waals surface area contributed by atoms with Crippen molar-refractivity contribution in [3.63, 3.8) is 0 Å². The molecule has 0 aromatic heterocycles. The van der Waals surface area contributed by atoms with Crippen LogP contribution in [0.25, 0.3) is 11.1 Å². The fourth-order valence-electron chi connectivity index (χ4n) is 11.0. The number of nitrogens with one attached hydrogen (secondary N) is 1. The highest BCUT2D eigenvalue weighted by atomic mass is 16.6. The molecule has 68 heavy (non-hydrogen) atoms. The lowest BCUT2D eigenvalue weighted by atomic mass is 9.44. The fraction of sp³-hybridized carbons (Fsp3) is 0.396. The molecule has 4 aromatic carbocycles. The van der Waals surface area contributed by atoms with Crippen LogP contribution in [0.5, 0.6) is 0 Å². The Hall–Kier alpha value is -6.52. The maximum Gasteiger partial charge on any atom is 0.338 e. The fourth-order valence-corrected chi connectivity index (χ4v) is 11.0. The van der Waals surface area contributed by atoms with Crippen LogP contribution in [0.2, 0.25) is 0 Å². The number of aliphatic hydroxyl groups excluding tert-OH is 2. The summed E-state index contributed by atoms with van der Waals surface area (Å²) in [5, 5.41) is 40.6. The van der Waals surface area contributed by atoms with Gasteiger partial charge in [-0.05, 0) is 65.9 Å². The number of hydrogen-bond acceptors (Lipinski definition) is 14. The molecule has 11 atom stereocenters. The molecule has 4 aliphatic rings. The smallest absolute Gasteiger partial charge is 0.338 e. The van der Waals surface area contributed by atoms with Crippen LogP contribution in [0.3, 0.4) is 0 Å². The van der Waals surface area contributed by atoms with E-state index in [9.17, 15) is 39.3 Å². The molecule has 2 saturated carbocycles. The van der Waals surface area contributed by atoms with E-state index in [1.165, 1.54) is 26.0 Å². The number of aliphatic hydroxyl groups is 3. The lowest BCUT2D eigenvalue weighted by molar-refractivity contribution is -0.346. The molecule has 1 aliphatic heterocycles. The van der Waals surface area contributed by atoms with Crippen LogP contribution < -0.4 is 5.32 Å². The van der Waals surface area contributed by atoms with Crippen LogP contribution >= 0.6 is 0 Å². The first-order valence-corrected chi connectivity index (χ1v) is 22.5. The van der Waals surface area contributed by atoms with Crippen molar-refractivity contribution in [1.82, 2.24) is 5.32 Å². The van der Waals surface area contributed by atoms with Crippen LogP contribution in [-0.2, 0) is 42.9 Å². The van der Waals surface area contributed by atoms with Gasteiger partial charge in [0, 0.05) is 37.7 Å². The molecule has 15 heteroatoms. The average molecular weight is 930 g/mol. The van der Waals surface area contributed by atoms with Crippen molar-refractivity contribution in [1.29, 1.82) is 0 Å². The van der Waals surface area contributed by atoms with Crippen molar-refractivity contribution >= 4 is 35.6 Å². The minimum atomic E-state index is -2.41. The van der Waals surface area contributed by atoms with E-state index in [1.54, 1.807) is 86.6 Å². The predicted octanol–water partition coefficient (Wildman–Crippen LogP) is 5.40. The first-order valence-electron chi connectivity index (χ1n) is 22.5. The largest absolute Gasteiger partial charge is 0.456 e. The minimum absolute atomic E-state index is 0.00763. The maximum atomic E-state index is 15.6. The minimum Gasteiger partial charge on any atom is -0.456 e. The standard InChI is InChI=1S/C53H55NO14/c1-29-37(66-49(62)42(58)41(34-18-12-8-13-19-34)54-47(60)35-24-22-33(23-25-35)32-16-10-7-11-17-32)27-53(63)46(67-48(61)36-20-14-9-15-21-36)44-51(6,38(57)26-39-52(44,28-64-39)68-31(3)56)45(59)43(65-30(2)55)40(29)50(53,4)5/h7-25,37-39,41-44,46,57-58,63H,26-28H2,1-6H3,(H,54,60)/t37-,38-,39+,41-,42+,43+,44-,46-,51+,52-,53+/m0/s1. The number of rotatable bonds is 11. The summed E-state index contributed by atoms with van der Waals surface area (Å²) in [6.07, 6.45) is -10.6. The molecule has 15 nitrogen and oxygen atoms in total. The van der Waals surface area contributed by atoms with E-state index in [-0.39, 0.29) is 35.3 Å². The van der Waals surface area contributed by atoms with Gasteiger partial charge in [-0.2, -0.15) is 0 Å².